The van der Waals surface area contributed by atoms with Gasteiger partial charge in [0.05, 0.1) is 18.1 Å². The topological polar surface area (TPSA) is 106 Å². The highest BCUT2D eigenvalue weighted by atomic mass is 32.2. The molecular weight excluding hydrogens is 382 g/mol. The maximum absolute atomic E-state index is 13.0. The number of carbonyl (C=O) groups is 1. The van der Waals surface area contributed by atoms with Crippen LogP contribution in [0.5, 0.6) is 5.88 Å². The zero-order valence-electron chi connectivity index (χ0n) is 16.0. The van der Waals surface area contributed by atoms with Gasteiger partial charge in [0.2, 0.25) is 11.8 Å². The summed E-state index contributed by atoms with van der Waals surface area (Å²) in [6.07, 6.45) is 1.95. The summed E-state index contributed by atoms with van der Waals surface area (Å²) in [5.74, 6) is -1.64. The number of rotatable bonds is 4. The number of ether oxygens (including phenoxy) is 2. The van der Waals surface area contributed by atoms with Gasteiger partial charge in [-0.1, -0.05) is 12.1 Å². The van der Waals surface area contributed by atoms with E-state index in [0.717, 1.165) is 9.46 Å². The second kappa shape index (κ2) is 7.59. The molecule has 3 rings (SSSR count). The van der Waals surface area contributed by atoms with Crippen LogP contribution in [0, 0.1) is 0 Å². The predicted octanol–water partition coefficient (Wildman–Crippen LogP) is 1.06. The first-order valence-corrected chi connectivity index (χ1v) is 9.82. The number of fused-ring (bicyclic) bond motifs is 1. The predicted molar refractivity (Wildman–Crippen MR) is 105 cm³/mol. The molecule has 2 heterocycles. The van der Waals surface area contributed by atoms with Crippen molar-refractivity contribution >= 4 is 17.7 Å². The van der Waals surface area contributed by atoms with Crippen molar-refractivity contribution in [3.63, 3.8) is 0 Å². The third-order valence-corrected chi connectivity index (χ3v) is 5.38. The van der Waals surface area contributed by atoms with E-state index in [-0.39, 0.29) is 29.5 Å². The van der Waals surface area contributed by atoms with E-state index in [1.807, 2.05) is 30.5 Å². The standard InChI is InChI=1S/C19H21N3O5S/c1-5-26-18(24)13-12(10-6-8-11(28-4)9-7-10)14-16(23)21(2)19(25)22(3)17(14)27-15(13)20/h6-9,12H,5,20H2,1-4H3/t12-/m1/s1. The van der Waals surface area contributed by atoms with Gasteiger partial charge in [0.1, 0.15) is 5.57 Å². The number of benzene rings is 1. The Kier molecular flexibility index (Phi) is 5.37. The van der Waals surface area contributed by atoms with Crippen LogP contribution >= 0.6 is 11.8 Å². The van der Waals surface area contributed by atoms with Crippen molar-refractivity contribution in [2.24, 2.45) is 19.8 Å². The fourth-order valence-electron chi connectivity index (χ4n) is 3.22. The molecule has 0 saturated carbocycles. The molecule has 0 amide bonds. The molecule has 2 aromatic rings. The number of aromatic nitrogens is 2. The molecule has 2 N–H and O–H groups in total. The summed E-state index contributed by atoms with van der Waals surface area (Å²) in [5.41, 5.74) is 5.83. The quantitative estimate of drug-likeness (QED) is 0.601. The Morgan fingerprint density at radius 3 is 2.43 bits per heavy atom. The molecule has 8 nitrogen and oxygen atoms in total. The molecular formula is C19H21N3O5S. The average molecular weight is 403 g/mol. The summed E-state index contributed by atoms with van der Waals surface area (Å²) in [6, 6.07) is 7.42. The number of nitrogens with zero attached hydrogens (tertiary/aromatic N) is 2. The van der Waals surface area contributed by atoms with Gasteiger partial charge < -0.3 is 15.2 Å². The first kappa shape index (κ1) is 19.8. The lowest BCUT2D eigenvalue weighted by molar-refractivity contribution is -0.139. The van der Waals surface area contributed by atoms with Crippen LogP contribution in [0.1, 0.15) is 24.0 Å². The van der Waals surface area contributed by atoms with E-state index in [2.05, 4.69) is 0 Å². The Morgan fingerprint density at radius 2 is 1.86 bits per heavy atom. The second-order valence-corrected chi connectivity index (χ2v) is 7.11. The van der Waals surface area contributed by atoms with Crippen LogP contribution < -0.4 is 21.7 Å². The maximum atomic E-state index is 13.0. The Bertz CT molecular complexity index is 1080. The highest BCUT2D eigenvalue weighted by Crippen LogP contribution is 2.40. The number of carbonyl (C=O) groups excluding carboxylic acids is 1. The Morgan fingerprint density at radius 1 is 1.21 bits per heavy atom. The minimum absolute atomic E-state index is 0.0255. The van der Waals surface area contributed by atoms with Crippen molar-refractivity contribution < 1.29 is 14.3 Å². The van der Waals surface area contributed by atoms with E-state index >= 15 is 0 Å². The van der Waals surface area contributed by atoms with E-state index in [4.69, 9.17) is 15.2 Å². The third kappa shape index (κ3) is 3.11. The van der Waals surface area contributed by atoms with Crippen LogP contribution in [0.25, 0.3) is 0 Å². The average Bonchev–Trinajstić information content (AvgIpc) is 2.70. The van der Waals surface area contributed by atoms with Gasteiger partial charge in [0, 0.05) is 19.0 Å². The van der Waals surface area contributed by atoms with Gasteiger partial charge >= 0.3 is 11.7 Å². The minimum Gasteiger partial charge on any atom is -0.462 e. The molecule has 0 fully saturated rings. The van der Waals surface area contributed by atoms with Gasteiger partial charge in [-0.05, 0) is 30.9 Å². The number of thioether (sulfide) groups is 1. The zero-order chi connectivity index (χ0) is 20.6. The SMILES string of the molecule is CCOC(=O)C1=C(N)Oc2c(c(=O)n(C)c(=O)n2C)[C@@H]1c1ccc(SC)cc1. The highest BCUT2D eigenvalue weighted by Gasteiger charge is 2.39. The van der Waals surface area contributed by atoms with E-state index in [1.165, 1.54) is 18.7 Å². The van der Waals surface area contributed by atoms with Crippen molar-refractivity contribution in [1.29, 1.82) is 0 Å². The molecule has 1 aliphatic heterocycles. The molecule has 1 aromatic heterocycles. The first-order valence-electron chi connectivity index (χ1n) is 8.60. The normalized spacial score (nSPS) is 15.8. The molecule has 1 aromatic carbocycles. The lowest BCUT2D eigenvalue weighted by Crippen LogP contribution is -2.43. The molecule has 0 saturated heterocycles. The van der Waals surface area contributed by atoms with Gasteiger partial charge in [0.15, 0.2) is 0 Å². The molecule has 28 heavy (non-hydrogen) atoms. The maximum Gasteiger partial charge on any atom is 0.340 e. The van der Waals surface area contributed by atoms with Crippen LogP contribution in [-0.2, 0) is 23.6 Å². The van der Waals surface area contributed by atoms with Crippen molar-refractivity contribution in [1.82, 2.24) is 9.13 Å². The Labute approximate surface area is 165 Å². The van der Waals surface area contributed by atoms with Gasteiger partial charge in [-0.25, -0.2) is 9.59 Å². The summed E-state index contributed by atoms with van der Waals surface area (Å²) in [4.78, 5) is 39.0. The van der Waals surface area contributed by atoms with E-state index in [9.17, 15) is 14.4 Å². The van der Waals surface area contributed by atoms with Crippen molar-refractivity contribution in [2.45, 2.75) is 17.7 Å². The monoisotopic (exact) mass is 403 g/mol. The highest BCUT2D eigenvalue weighted by molar-refractivity contribution is 7.98. The molecule has 0 spiro atoms. The molecule has 148 valence electrons. The summed E-state index contributed by atoms with van der Waals surface area (Å²) in [5, 5.41) is 0. The van der Waals surface area contributed by atoms with Crippen molar-refractivity contribution in [3.05, 3.63) is 67.7 Å². The Balaban J connectivity index is 2.34. The molecule has 1 aliphatic rings. The number of hydrogen-bond acceptors (Lipinski definition) is 7. The van der Waals surface area contributed by atoms with E-state index < -0.39 is 23.1 Å². The van der Waals surface area contributed by atoms with Crippen LogP contribution in [-0.4, -0.2) is 28.0 Å². The largest absolute Gasteiger partial charge is 0.462 e. The van der Waals surface area contributed by atoms with Crippen molar-refractivity contribution in [2.75, 3.05) is 12.9 Å². The van der Waals surface area contributed by atoms with Crippen molar-refractivity contribution in [3.8, 4) is 5.88 Å². The minimum atomic E-state index is -0.816. The lowest BCUT2D eigenvalue weighted by atomic mass is 9.84. The van der Waals surface area contributed by atoms with E-state index in [0.29, 0.717) is 5.56 Å². The van der Waals surface area contributed by atoms with Gasteiger partial charge in [-0.15, -0.1) is 11.8 Å². The number of esters is 1. The lowest BCUT2D eigenvalue weighted by Gasteiger charge is -2.29. The van der Waals surface area contributed by atoms with Crippen LogP contribution in [0.4, 0.5) is 0 Å². The molecule has 0 radical (unpaired) electrons. The first-order chi connectivity index (χ1) is 13.3. The number of hydrogen-bond donors (Lipinski definition) is 1. The smallest absolute Gasteiger partial charge is 0.340 e. The fraction of sp³-hybridized carbons (Fsp3) is 0.316. The molecule has 9 heteroatoms. The van der Waals surface area contributed by atoms with Gasteiger partial charge in [-0.2, -0.15) is 0 Å². The van der Waals surface area contributed by atoms with Crippen LogP contribution in [0.2, 0.25) is 0 Å². The summed E-state index contributed by atoms with van der Waals surface area (Å²) >= 11 is 1.57. The second-order valence-electron chi connectivity index (χ2n) is 6.23. The van der Waals surface area contributed by atoms with Gasteiger partial charge in [-0.3, -0.25) is 13.9 Å². The summed E-state index contributed by atoms with van der Waals surface area (Å²) in [7, 11) is 2.86. The molecule has 0 bridgehead atoms. The van der Waals surface area contributed by atoms with E-state index in [1.54, 1.807) is 18.7 Å². The Hall–Kier alpha value is -2.94. The summed E-state index contributed by atoms with van der Waals surface area (Å²) in [6.45, 7) is 1.82. The zero-order valence-corrected chi connectivity index (χ0v) is 16.8. The van der Waals surface area contributed by atoms with Crippen LogP contribution in [0.15, 0.2) is 50.2 Å². The number of nitrogens with two attached hydrogens (primary N) is 1. The fourth-order valence-corrected chi connectivity index (χ4v) is 3.63. The van der Waals surface area contributed by atoms with Crippen LogP contribution in [0.3, 0.4) is 0 Å². The summed E-state index contributed by atoms with van der Waals surface area (Å²) < 4.78 is 12.9. The molecule has 1 atom stereocenters. The molecule has 0 aliphatic carbocycles. The van der Waals surface area contributed by atoms with Gasteiger partial charge in [0.25, 0.3) is 5.56 Å². The molecule has 0 unspecified atom stereocenters. The third-order valence-electron chi connectivity index (χ3n) is 4.64.